The maximum Gasteiger partial charge on any atom is 0.240 e. The number of rotatable bonds is 7. The van der Waals surface area contributed by atoms with E-state index in [1.807, 2.05) is 12.3 Å². The minimum atomic E-state index is -3.57. The Morgan fingerprint density at radius 2 is 1.95 bits per heavy atom. The third kappa shape index (κ3) is 4.72. The van der Waals surface area contributed by atoms with Crippen LogP contribution in [0.3, 0.4) is 0 Å². The van der Waals surface area contributed by atoms with Crippen LogP contribution in [0.15, 0.2) is 23.1 Å². The molecular formula is C16H25NO3S2. The maximum absolute atomic E-state index is 12.4. The minimum Gasteiger partial charge on any atom is -0.389 e. The van der Waals surface area contributed by atoms with E-state index in [0.29, 0.717) is 11.3 Å². The molecule has 0 fully saturated rings. The lowest BCUT2D eigenvalue weighted by molar-refractivity contribution is 0.0626. The van der Waals surface area contributed by atoms with Crippen LogP contribution in [-0.4, -0.2) is 37.7 Å². The van der Waals surface area contributed by atoms with Crippen LogP contribution in [0, 0.1) is 0 Å². The zero-order chi connectivity index (χ0) is 16.2. The second-order valence-electron chi connectivity index (χ2n) is 6.20. The highest BCUT2D eigenvalue weighted by Crippen LogP contribution is 2.24. The van der Waals surface area contributed by atoms with Crippen LogP contribution >= 0.6 is 11.8 Å². The van der Waals surface area contributed by atoms with Gasteiger partial charge in [0.2, 0.25) is 10.0 Å². The van der Waals surface area contributed by atoms with Gasteiger partial charge in [-0.2, -0.15) is 11.8 Å². The van der Waals surface area contributed by atoms with Crippen LogP contribution in [-0.2, 0) is 22.9 Å². The van der Waals surface area contributed by atoms with Crippen molar-refractivity contribution >= 4 is 21.8 Å². The number of hydrogen-bond acceptors (Lipinski definition) is 4. The van der Waals surface area contributed by atoms with Crippen molar-refractivity contribution in [1.29, 1.82) is 0 Å². The third-order valence-corrected chi connectivity index (χ3v) is 6.13. The molecule has 4 nitrogen and oxygen atoms in total. The smallest absolute Gasteiger partial charge is 0.240 e. The van der Waals surface area contributed by atoms with Gasteiger partial charge < -0.3 is 5.11 Å². The van der Waals surface area contributed by atoms with E-state index in [1.165, 1.54) is 12.0 Å². The number of aryl methyl sites for hydroxylation is 2. The molecule has 22 heavy (non-hydrogen) atoms. The van der Waals surface area contributed by atoms with Crippen molar-refractivity contribution in [3.8, 4) is 0 Å². The number of hydrogen-bond donors (Lipinski definition) is 2. The molecule has 0 unspecified atom stereocenters. The molecule has 0 spiro atoms. The minimum absolute atomic E-state index is 0.0347. The Bertz CT molecular complexity index is 612. The summed E-state index contributed by atoms with van der Waals surface area (Å²) in [7, 11) is -3.57. The number of sulfonamides is 1. The molecule has 1 aliphatic rings. The lowest BCUT2D eigenvalue weighted by Gasteiger charge is -2.23. The summed E-state index contributed by atoms with van der Waals surface area (Å²) in [5, 5.41) is 10.2. The van der Waals surface area contributed by atoms with Gasteiger partial charge in [-0.1, -0.05) is 6.07 Å². The van der Waals surface area contributed by atoms with E-state index < -0.39 is 15.6 Å². The van der Waals surface area contributed by atoms with E-state index >= 15 is 0 Å². The van der Waals surface area contributed by atoms with E-state index in [2.05, 4.69) is 4.72 Å². The highest BCUT2D eigenvalue weighted by Gasteiger charge is 2.24. The molecule has 1 atom stereocenters. The Kier molecular flexibility index (Phi) is 5.94. The summed E-state index contributed by atoms with van der Waals surface area (Å²) in [5.41, 5.74) is 1.38. The zero-order valence-electron chi connectivity index (χ0n) is 13.3. The number of nitrogens with one attached hydrogen (secondary N) is 1. The average molecular weight is 344 g/mol. The van der Waals surface area contributed by atoms with Crippen LogP contribution in [0.25, 0.3) is 0 Å². The van der Waals surface area contributed by atoms with E-state index in [4.69, 9.17) is 0 Å². The van der Waals surface area contributed by atoms with Crippen molar-refractivity contribution in [2.24, 2.45) is 0 Å². The number of aliphatic hydroxyl groups is 1. The summed E-state index contributed by atoms with van der Waals surface area (Å²) >= 11 is 1.64. The van der Waals surface area contributed by atoms with Gasteiger partial charge in [-0.3, -0.25) is 0 Å². The van der Waals surface area contributed by atoms with Crippen molar-refractivity contribution in [3.05, 3.63) is 29.3 Å². The van der Waals surface area contributed by atoms with Crippen LogP contribution < -0.4 is 4.72 Å². The quantitative estimate of drug-likeness (QED) is 0.797. The lowest BCUT2D eigenvalue weighted by Crippen LogP contribution is -2.41. The van der Waals surface area contributed by atoms with Crippen molar-refractivity contribution < 1.29 is 13.5 Å². The largest absolute Gasteiger partial charge is 0.389 e. The summed E-state index contributed by atoms with van der Waals surface area (Å²) in [5.74, 6) is 0.799. The molecule has 0 saturated carbocycles. The number of thioether (sulfide) groups is 1. The van der Waals surface area contributed by atoms with Gasteiger partial charge in [0.25, 0.3) is 0 Å². The fraction of sp³-hybridized carbons (Fsp3) is 0.625. The number of benzene rings is 1. The summed E-state index contributed by atoms with van der Waals surface area (Å²) in [6.07, 6.45) is 6.80. The molecule has 0 saturated heterocycles. The van der Waals surface area contributed by atoms with Crippen LogP contribution in [0.2, 0.25) is 0 Å². The Balaban J connectivity index is 2.07. The summed E-state index contributed by atoms with van der Waals surface area (Å²) in [6, 6.07) is 5.38. The number of fused-ring (bicyclic) bond motifs is 1. The SMILES string of the molecule is CSCC[C@](C)(O)CNS(=O)(=O)c1ccc2c(c1)CCCC2. The van der Waals surface area contributed by atoms with Crippen LogP contribution in [0.5, 0.6) is 0 Å². The molecule has 1 aromatic carbocycles. The summed E-state index contributed by atoms with van der Waals surface area (Å²) in [6.45, 7) is 1.70. The second-order valence-corrected chi connectivity index (χ2v) is 8.95. The van der Waals surface area contributed by atoms with Crippen molar-refractivity contribution in [3.63, 3.8) is 0 Å². The zero-order valence-corrected chi connectivity index (χ0v) is 14.9. The van der Waals surface area contributed by atoms with Gasteiger partial charge in [0.1, 0.15) is 0 Å². The molecule has 0 aromatic heterocycles. The molecule has 1 aromatic rings. The fourth-order valence-electron chi connectivity index (χ4n) is 2.62. The van der Waals surface area contributed by atoms with Gasteiger partial charge in [0, 0.05) is 6.54 Å². The van der Waals surface area contributed by atoms with Gasteiger partial charge in [0.15, 0.2) is 0 Å². The van der Waals surface area contributed by atoms with Gasteiger partial charge in [-0.25, -0.2) is 13.1 Å². The second kappa shape index (κ2) is 7.34. The molecule has 2 N–H and O–H groups in total. The predicted octanol–water partition coefficient (Wildman–Crippen LogP) is 2.35. The maximum atomic E-state index is 12.4. The predicted molar refractivity (Wildman–Crippen MR) is 91.9 cm³/mol. The third-order valence-electron chi connectivity index (χ3n) is 4.12. The van der Waals surface area contributed by atoms with Gasteiger partial charge >= 0.3 is 0 Å². The molecular weight excluding hydrogens is 318 g/mol. The van der Waals surface area contributed by atoms with E-state index in [9.17, 15) is 13.5 Å². The molecule has 0 bridgehead atoms. The highest BCUT2D eigenvalue weighted by molar-refractivity contribution is 7.98. The molecule has 0 amide bonds. The molecule has 6 heteroatoms. The van der Waals surface area contributed by atoms with E-state index in [0.717, 1.165) is 30.6 Å². The Hall–Kier alpha value is -0.560. The van der Waals surface area contributed by atoms with Crippen molar-refractivity contribution in [2.45, 2.75) is 49.5 Å². The molecule has 1 aliphatic carbocycles. The molecule has 124 valence electrons. The first-order valence-electron chi connectivity index (χ1n) is 7.67. The van der Waals surface area contributed by atoms with Gasteiger partial charge in [0.05, 0.1) is 10.5 Å². The summed E-state index contributed by atoms with van der Waals surface area (Å²) in [4.78, 5) is 0.300. The average Bonchev–Trinajstić information content (AvgIpc) is 2.51. The van der Waals surface area contributed by atoms with Crippen LogP contribution in [0.1, 0.15) is 37.3 Å². The van der Waals surface area contributed by atoms with Crippen LogP contribution in [0.4, 0.5) is 0 Å². The van der Waals surface area contributed by atoms with Crippen molar-refractivity contribution in [2.75, 3.05) is 18.6 Å². The van der Waals surface area contributed by atoms with E-state index in [1.54, 1.807) is 30.8 Å². The first kappa shape index (κ1) is 17.8. The van der Waals surface area contributed by atoms with E-state index in [-0.39, 0.29) is 6.54 Å². The first-order chi connectivity index (χ1) is 10.3. The normalized spacial score (nSPS) is 17.8. The topological polar surface area (TPSA) is 66.4 Å². The Labute approximate surface area is 137 Å². The van der Waals surface area contributed by atoms with Gasteiger partial charge in [-0.05, 0) is 74.3 Å². The van der Waals surface area contributed by atoms with Crippen molar-refractivity contribution in [1.82, 2.24) is 4.72 Å². The monoisotopic (exact) mass is 343 g/mol. The standard InChI is InChI=1S/C16H25NO3S2/c1-16(18,9-10-21-2)12-17-22(19,20)15-8-7-13-5-3-4-6-14(13)11-15/h7-8,11,17-18H,3-6,9-10,12H2,1-2H3/t16-/m0/s1. The Morgan fingerprint density at radius 3 is 2.64 bits per heavy atom. The molecule has 0 radical (unpaired) electrons. The summed E-state index contributed by atoms with van der Waals surface area (Å²) < 4.78 is 27.4. The fourth-order valence-corrected chi connectivity index (χ4v) is 4.48. The highest BCUT2D eigenvalue weighted by atomic mass is 32.2. The van der Waals surface area contributed by atoms with Gasteiger partial charge in [-0.15, -0.1) is 0 Å². The first-order valence-corrected chi connectivity index (χ1v) is 10.5. The Morgan fingerprint density at radius 1 is 1.27 bits per heavy atom. The molecule has 0 heterocycles. The lowest BCUT2D eigenvalue weighted by atomic mass is 9.92. The molecule has 0 aliphatic heterocycles. The molecule has 2 rings (SSSR count).